The van der Waals surface area contributed by atoms with Crippen LogP contribution in [0.25, 0.3) is 10.4 Å². The van der Waals surface area contributed by atoms with Crippen molar-refractivity contribution in [2.45, 2.75) is 13.1 Å². The molecule has 182 valence electrons. The number of carbonyl (C=O) groups is 1. The summed E-state index contributed by atoms with van der Waals surface area (Å²) in [7, 11) is 0. The number of rotatable bonds is 6. The van der Waals surface area contributed by atoms with Crippen molar-refractivity contribution in [3.8, 4) is 16.2 Å². The van der Waals surface area contributed by atoms with Crippen LogP contribution in [0.2, 0.25) is 0 Å². The van der Waals surface area contributed by atoms with E-state index in [9.17, 15) is 33.2 Å². The maximum atomic E-state index is 12.8. The number of nitro groups is 1. The Kier molecular flexibility index (Phi) is 7.36. The molecule has 0 radical (unpaired) electrons. The van der Waals surface area contributed by atoms with E-state index in [4.69, 9.17) is 17.3 Å². The number of anilines is 1. The Labute approximate surface area is 204 Å². The second-order valence-corrected chi connectivity index (χ2v) is 8.25. The molecule has 0 bridgehead atoms. The van der Waals surface area contributed by atoms with E-state index in [0.29, 0.717) is 21.7 Å². The van der Waals surface area contributed by atoms with Crippen LogP contribution in [0.1, 0.15) is 28.4 Å². The summed E-state index contributed by atoms with van der Waals surface area (Å²) < 4.78 is 38.3. The van der Waals surface area contributed by atoms with Gasteiger partial charge >= 0.3 is 12.1 Å². The minimum absolute atomic E-state index is 0.0700. The molecular weight excluding hydrogens is 509 g/mol. The predicted molar refractivity (Wildman–Crippen MR) is 128 cm³/mol. The summed E-state index contributed by atoms with van der Waals surface area (Å²) in [5, 5.41) is 38.9. The number of benzene rings is 2. The van der Waals surface area contributed by atoms with Gasteiger partial charge < -0.3 is 15.5 Å². The van der Waals surface area contributed by atoms with Gasteiger partial charge in [0.15, 0.2) is 5.11 Å². The lowest BCUT2D eigenvalue weighted by molar-refractivity contribution is -0.385. The molecule has 3 rings (SSSR count). The molecule has 9 nitrogen and oxygen atoms in total. The third-order valence-corrected chi connectivity index (χ3v) is 5.85. The maximum Gasteiger partial charge on any atom is 0.416 e. The van der Waals surface area contributed by atoms with E-state index < -0.39 is 33.9 Å². The van der Waals surface area contributed by atoms with Crippen LogP contribution in [0.3, 0.4) is 0 Å². The molecule has 3 aromatic rings. The smallest absolute Gasteiger partial charge is 0.416 e. The highest BCUT2D eigenvalue weighted by Gasteiger charge is 2.30. The highest BCUT2D eigenvalue weighted by atomic mass is 32.1. The zero-order valence-corrected chi connectivity index (χ0v) is 19.2. The normalized spacial score (nSPS) is 11.7. The van der Waals surface area contributed by atoms with Crippen LogP contribution in [0.15, 0.2) is 52.9 Å². The number of thiocarbonyl (C=S) groups is 1. The standard InChI is InChI=1S/C21H15F3N4O5S2/c1-10(15-9-35-18(17(15)29)11-2-4-12(5-3-11)21(22,23)24)26-27-20(34)25-13-6-7-14(19(30)31)16(8-13)28(32)33/h2-9,29H,1H3,(H,30,31)(H2,25,27,34). The van der Waals surface area contributed by atoms with E-state index in [1.54, 1.807) is 12.3 Å². The van der Waals surface area contributed by atoms with Gasteiger partial charge in [-0.1, -0.05) is 12.1 Å². The van der Waals surface area contributed by atoms with Crippen molar-refractivity contribution in [3.63, 3.8) is 0 Å². The predicted octanol–water partition coefficient (Wildman–Crippen LogP) is 5.46. The first-order chi connectivity index (χ1) is 16.4. The van der Waals surface area contributed by atoms with Crippen LogP contribution < -0.4 is 10.7 Å². The molecule has 1 aromatic heterocycles. The third-order valence-electron chi connectivity index (χ3n) is 4.64. The summed E-state index contributed by atoms with van der Waals surface area (Å²) in [6.45, 7) is 1.56. The van der Waals surface area contributed by atoms with Crippen molar-refractivity contribution in [1.82, 2.24) is 5.43 Å². The minimum atomic E-state index is -4.47. The number of hydrazone groups is 1. The third kappa shape index (κ3) is 5.91. The fourth-order valence-corrected chi connectivity index (χ4v) is 4.09. The van der Waals surface area contributed by atoms with E-state index in [1.807, 2.05) is 0 Å². The molecule has 35 heavy (non-hydrogen) atoms. The molecule has 4 N–H and O–H groups in total. The summed E-state index contributed by atoms with van der Waals surface area (Å²) in [5.74, 6) is -1.62. The van der Waals surface area contributed by atoms with Crippen LogP contribution >= 0.6 is 23.6 Å². The van der Waals surface area contributed by atoms with Crippen molar-refractivity contribution in [1.29, 1.82) is 0 Å². The average molecular weight is 525 g/mol. The lowest BCUT2D eigenvalue weighted by Crippen LogP contribution is -2.25. The molecule has 0 aliphatic rings. The van der Waals surface area contributed by atoms with Gasteiger partial charge in [0.2, 0.25) is 0 Å². The summed E-state index contributed by atoms with van der Waals surface area (Å²) in [4.78, 5) is 21.7. The minimum Gasteiger partial charge on any atom is -0.506 e. The van der Waals surface area contributed by atoms with Gasteiger partial charge in [-0.05, 0) is 49.0 Å². The van der Waals surface area contributed by atoms with Crippen molar-refractivity contribution >= 4 is 51.7 Å². The number of nitrogens with zero attached hydrogens (tertiary/aromatic N) is 2. The molecule has 2 aromatic carbocycles. The van der Waals surface area contributed by atoms with Crippen molar-refractivity contribution in [3.05, 3.63) is 74.6 Å². The largest absolute Gasteiger partial charge is 0.506 e. The van der Waals surface area contributed by atoms with E-state index in [2.05, 4.69) is 15.8 Å². The fourth-order valence-electron chi connectivity index (χ4n) is 2.92. The quantitative estimate of drug-likeness (QED) is 0.144. The van der Waals surface area contributed by atoms with Gasteiger partial charge in [-0.3, -0.25) is 15.5 Å². The molecule has 0 unspecified atom stereocenters. The Morgan fingerprint density at radius 2 is 1.83 bits per heavy atom. The van der Waals surface area contributed by atoms with Crippen molar-refractivity contribution in [2.75, 3.05) is 5.32 Å². The summed E-state index contributed by atoms with van der Waals surface area (Å²) in [6, 6.07) is 7.74. The number of carboxylic acids is 1. The number of alkyl halides is 3. The molecule has 0 fully saturated rings. The zero-order chi connectivity index (χ0) is 25.9. The lowest BCUT2D eigenvalue weighted by Gasteiger charge is -2.09. The number of thiophene rings is 1. The van der Waals surface area contributed by atoms with Crippen LogP contribution in [0.4, 0.5) is 24.5 Å². The fraction of sp³-hybridized carbons (Fsp3) is 0.0952. The summed E-state index contributed by atoms with van der Waals surface area (Å²) in [5.41, 5.74) is 1.77. The lowest BCUT2D eigenvalue weighted by atomic mass is 10.1. The molecule has 0 amide bonds. The van der Waals surface area contributed by atoms with Crippen molar-refractivity contribution < 1.29 is 33.1 Å². The zero-order valence-electron chi connectivity index (χ0n) is 17.6. The highest BCUT2D eigenvalue weighted by molar-refractivity contribution is 7.80. The van der Waals surface area contributed by atoms with E-state index in [0.717, 1.165) is 35.6 Å². The Hall–Kier alpha value is -4.04. The van der Waals surface area contributed by atoms with Gasteiger partial charge in [-0.25, -0.2) is 4.79 Å². The van der Waals surface area contributed by atoms with Gasteiger partial charge in [-0.15, -0.1) is 11.3 Å². The number of halogens is 3. The second kappa shape index (κ2) is 10.1. The molecule has 0 aliphatic carbocycles. The Balaban J connectivity index is 1.72. The summed E-state index contributed by atoms with van der Waals surface area (Å²) >= 11 is 6.20. The molecule has 14 heteroatoms. The van der Waals surface area contributed by atoms with Crippen LogP contribution in [-0.2, 0) is 6.18 Å². The first-order valence-corrected chi connectivity index (χ1v) is 10.8. The molecule has 0 saturated heterocycles. The van der Waals surface area contributed by atoms with Gasteiger partial charge in [0.1, 0.15) is 11.3 Å². The van der Waals surface area contributed by atoms with Crippen LogP contribution in [0, 0.1) is 10.1 Å². The Morgan fingerprint density at radius 1 is 1.17 bits per heavy atom. The molecular formula is C21H15F3N4O5S2. The van der Waals surface area contributed by atoms with Gasteiger partial charge in [-0.2, -0.15) is 18.3 Å². The Bertz CT molecular complexity index is 1340. The summed E-state index contributed by atoms with van der Waals surface area (Å²) in [6.07, 6.45) is -4.47. The maximum absolute atomic E-state index is 12.8. The molecule has 1 heterocycles. The number of hydrogen-bond donors (Lipinski definition) is 4. The topological polar surface area (TPSA) is 137 Å². The number of hydrogen-bond acceptors (Lipinski definition) is 7. The average Bonchev–Trinajstić information content (AvgIpc) is 3.18. The SMILES string of the molecule is CC(=NNC(=S)Nc1ccc(C(=O)O)c([N+](=O)[O-])c1)c1csc(-c2ccc(C(F)(F)F)cc2)c1O. The van der Waals surface area contributed by atoms with Crippen molar-refractivity contribution in [2.24, 2.45) is 5.10 Å². The molecule has 0 aliphatic heterocycles. The number of aromatic hydroxyl groups is 1. The Morgan fingerprint density at radius 3 is 2.40 bits per heavy atom. The first kappa shape index (κ1) is 25.6. The van der Waals surface area contributed by atoms with Gasteiger partial charge in [0, 0.05) is 17.1 Å². The van der Waals surface area contributed by atoms with Gasteiger partial charge in [0.05, 0.1) is 26.6 Å². The van der Waals surface area contributed by atoms with E-state index in [1.165, 1.54) is 18.2 Å². The molecule has 0 saturated carbocycles. The van der Waals surface area contributed by atoms with Gasteiger partial charge in [0.25, 0.3) is 5.69 Å². The monoisotopic (exact) mass is 524 g/mol. The first-order valence-electron chi connectivity index (χ1n) is 9.50. The van der Waals surface area contributed by atoms with E-state index >= 15 is 0 Å². The number of carboxylic acid groups (broad SMARTS) is 1. The highest BCUT2D eigenvalue weighted by Crippen LogP contribution is 2.40. The van der Waals surface area contributed by atoms with E-state index in [-0.39, 0.29) is 16.5 Å². The van der Waals surface area contributed by atoms with Crippen LogP contribution in [0.5, 0.6) is 5.75 Å². The number of nitrogens with one attached hydrogen (secondary N) is 2. The number of aromatic carboxylic acids is 1. The molecule has 0 spiro atoms. The van der Waals surface area contributed by atoms with Crippen LogP contribution in [-0.4, -0.2) is 31.9 Å². The second-order valence-electron chi connectivity index (χ2n) is 6.96. The number of nitro benzene ring substituents is 1. The molecule has 0 atom stereocenters.